The van der Waals surface area contributed by atoms with Gasteiger partial charge in [-0.15, -0.1) is 35.3 Å². The Balaban J connectivity index is 0.00000288. The number of aliphatic imine (C=N–C) groups is 1. The lowest BCUT2D eigenvalue weighted by Gasteiger charge is -2.13. The number of halogens is 1. The number of nitrogens with one attached hydrogen (secondary N) is 2. The van der Waals surface area contributed by atoms with Crippen LogP contribution in [0.25, 0.3) is 0 Å². The zero-order valence-corrected chi connectivity index (χ0v) is 17.6. The molecule has 4 nitrogen and oxygen atoms in total. The molecule has 0 unspecified atom stereocenters. The minimum atomic E-state index is 0. The number of guanidine groups is 1. The second-order valence-electron chi connectivity index (χ2n) is 5.49. The molecule has 0 fully saturated rings. The fourth-order valence-electron chi connectivity index (χ4n) is 2.12. The van der Waals surface area contributed by atoms with Crippen molar-refractivity contribution in [3.63, 3.8) is 0 Å². The monoisotopic (exact) mass is 459 g/mol. The van der Waals surface area contributed by atoms with Gasteiger partial charge in [-0.1, -0.05) is 18.2 Å². The van der Waals surface area contributed by atoms with Gasteiger partial charge in [0.25, 0.3) is 0 Å². The molecule has 1 heterocycles. The number of rotatable bonds is 7. The van der Waals surface area contributed by atoms with Gasteiger partial charge in [-0.25, -0.2) is 0 Å². The van der Waals surface area contributed by atoms with E-state index in [1.165, 1.54) is 10.4 Å². The third-order valence-electron chi connectivity index (χ3n) is 3.22. The molecular formula is C18H26IN3OS. The predicted octanol–water partition coefficient (Wildman–Crippen LogP) is 4.06. The average molecular weight is 459 g/mol. The second kappa shape index (κ2) is 11.3. The summed E-state index contributed by atoms with van der Waals surface area (Å²) in [6.45, 7) is 5.67. The van der Waals surface area contributed by atoms with E-state index in [-0.39, 0.29) is 30.1 Å². The highest BCUT2D eigenvalue weighted by Gasteiger charge is 2.01. The van der Waals surface area contributed by atoms with Gasteiger partial charge in [-0.05, 0) is 49.4 Å². The average Bonchev–Trinajstić information content (AvgIpc) is 3.05. The number of hydrogen-bond donors (Lipinski definition) is 2. The van der Waals surface area contributed by atoms with Crippen molar-refractivity contribution in [2.24, 2.45) is 4.99 Å². The van der Waals surface area contributed by atoms with Crippen LogP contribution in [-0.2, 0) is 13.0 Å². The highest BCUT2D eigenvalue weighted by atomic mass is 127. The molecule has 0 saturated heterocycles. The molecule has 0 atom stereocenters. The van der Waals surface area contributed by atoms with E-state index in [4.69, 9.17) is 4.74 Å². The highest BCUT2D eigenvalue weighted by molar-refractivity contribution is 14.0. The summed E-state index contributed by atoms with van der Waals surface area (Å²) in [4.78, 5) is 5.64. The first kappa shape index (κ1) is 20.8. The van der Waals surface area contributed by atoms with E-state index in [1.54, 1.807) is 18.4 Å². The van der Waals surface area contributed by atoms with Gasteiger partial charge in [0.2, 0.25) is 0 Å². The van der Waals surface area contributed by atoms with Crippen LogP contribution in [0.3, 0.4) is 0 Å². The maximum Gasteiger partial charge on any atom is 0.191 e. The second-order valence-corrected chi connectivity index (χ2v) is 6.52. The molecule has 0 bridgehead atoms. The van der Waals surface area contributed by atoms with Gasteiger partial charge in [-0.3, -0.25) is 4.99 Å². The van der Waals surface area contributed by atoms with Crippen LogP contribution in [0.1, 0.15) is 24.3 Å². The summed E-state index contributed by atoms with van der Waals surface area (Å²) < 4.78 is 5.65. The predicted molar refractivity (Wildman–Crippen MR) is 114 cm³/mol. The van der Waals surface area contributed by atoms with Gasteiger partial charge in [0.15, 0.2) is 5.96 Å². The number of nitrogens with zero attached hydrogens (tertiary/aromatic N) is 1. The van der Waals surface area contributed by atoms with Crippen LogP contribution >= 0.6 is 35.3 Å². The van der Waals surface area contributed by atoms with Crippen LogP contribution in [0.5, 0.6) is 5.75 Å². The molecule has 2 N–H and O–H groups in total. The van der Waals surface area contributed by atoms with Gasteiger partial charge in [0, 0.05) is 25.0 Å². The Kier molecular flexibility index (Phi) is 9.78. The third kappa shape index (κ3) is 7.53. The Morgan fingerprint density at radius 2 is 1.92 bits per heavy atom. The van der Waals surface area contributed by atoms with Gasteiger partial charge < -0.3 is 15.4 Å². The van der Waals surface area contributed by atoms with Crippen molar-refractivity contribution in [3.05, 3.63) is 52.2 Å². The first-order valence-corrected chi connectivity index (χ1v) is 8.78. The lowest BCUT2D eigenvalue weighted by atomic mass is 10.2. The summed E-state index contributed by atoms with van der Waals surface area (Å²) in [5.41, 5.74) is 1.20. The SMILES string of the molecule is CN=C(NCCc1cccs1)NCc1ccc(OC(C)C)cc1.I. The zero-order chi connectivity index (χ0) is 16.5. The van der Waals surface area contributed by atoms with E-state index in [0.29, 0.717) is 0 Å². The van der Waals surface area contributed by atoms with E-state index in [9.17, 15) is 0 Å². The van der Waals surface area contributed by atoms with Crippen molar-refractivity contribution < 1.29 is 4.74 Å². The Hall–Kier alpha value is -1.28. The molecule has 24 heavy (non-hydrogen) atoms. The van der Waals surface area contributed by atoms with Gasteiger partial charge in [-0.2, -0.15) is 0 Å². The Morgan fingerprint density at radius 1 is 1.17 bits per heavy atom. The molecule has 1 aromatic carbocycles. The summed E-state index contributed by atoms with van der Waals surface area (Å²) in [5.74, 6) is 1.73. The van der Waals surface area contributed by atoms with Crippen molar-refractivity contribution in [3.8, 4) is 5.75 Å². The smallest absolute Gasteiger partial charge is 0.191 e. The molecule has 0 aliphatic rings. The lowest BCUT2D eigenvalue weighted by Crippen LogP contribution is -2.37. The van der Waals surface area contributed by atoms with E-state index >= 15 is 0 Å². The molecule has 0 aliphatic heterocycles. The van der Waals surface area contributed by atoms with Crippen molar-refractivity contribution >= 4 is 41.3 Å². The van der Waals surface area contributed by atoms with E-state index < -0.39 is 0 Å². The molecule has 1 aromatic heterocycles. The molecule has 0 spiro atoms. The number of hydrogen-bond acceptors (Lipinski definition) is 3. The number of benzene rings is 1. The van der Waals surface area contributed by atoms with Crippen molar-refractivity contribution in [1.82, 2.24) is 10.6 Å². The van der Waals surface area contributed by atoms with Crippen LogP contribution in [0.4, 0.5) is 0 Å². The standard InChI is InChI=1S/C18H25N3OS.HI/c1-14(2)22-16-8-6-15(7-9-16)13-21-18(19-3)20-11-10-17-5-4-12-23-17;/h4-9,12,14H,10-11,13H2,1-3H3,(H2,19,20,21);1H. The quantitative estimate of drug-likeness (QED) is 0.373. The number of thiophene rings is 1. The number of ether oxygens (including phenoxy) is 1. The zero-order valence-electron chi connectivity index (χ0n) is 14.4. The molecule has 0 amide bonds. The van der Waals surface area contributed by atoms with E-state index in [2.05, 4.69) is 45.3 Å². The Morgan fingerprint density at radius 3 is 2.50 bits per heavy atom. The van der Waals surface area contributed by atoms with Crippen LogP contribution in [-0.4, -0.2) is 25.7 Å². The summed E-state index contributed by atoms with van der Waals surface area (Å²) in [6, 6.07) is 12.4. The van der Waals surface area contributed by atoms with E-state index in [1.807, 2.05) is 26.0 Å². The highest BCUT2D eigenvalue weighted by Crippen LogP contribution is 2.13. The van der Waals surface area contributed by atoms with E-state index in [0.717, 1.165) is 31.2 Å². The minimum Gasteiger partial charge on any atom is -0.491 e. The fraction of sp³-hybridized carbons (Fsp3) is 0.389. The topological polar surface area (TPSA) is 45.7 Å². The Labute approximate surface area is 165 Å². The van der Waals surface area contributed by atoms with Crippen molar-refractivity contribution in [1.29, 1.82) is 0 Å². The third-order valence-corrected chi connectivity index (χ3v) is 4.16. The first-order chi connectivity index (χ1) is 11.2. The van der Waals surface area contributed by atoms with Crippen LogP contribution in [0.15, 0.2) is 46.8 Å². The largest absolute Gasteiger partial charge is 0.491 e. The molecule has 2 rings (SSSR count). The minimum absolute atomic E-state index is 0. The molecule has 6 heteroatoms. The maximum atomic E-state index is 5.65. The molecular weight excluding hydrogens is 433 g/mol. The van der Waals surface area contributed by atoms with Crippen LogP contribution in [0.2, 0.25) is 0 Å². The maximum absolute atomic E-state index is 5.65. The van der Waals surface area contributed by atoms with Crippen LogP contribution in [0, 0.1) is 0 Å². The lowest BCUT2D eigenvalue weighted by molar-refractivity contribution is 0.242. The van der Waals surface area contributed by atoms with Crippen LogP contribution < -0.4 is 15.4 Å². The summed E-state index contributed by atoms with van der Waals surface area (Å²) in [6.07, 6.45) is 1.21. The molecule has 132 valence electrons. The van der Waals surface area contributed by atoms with Gasteiger partial charge >= 0.3 is 0 Å². The molecule has 0 radical (unpaired) electrons. The molecule has 0 aliphatic carbocycles. The Bertz CT molecular complexity index is 597. The molecule has 2 aromatic rings. The van der Waals surface area contributed by atoms with Crippen molar-refractivity contribution in [2.45, 2.75) is 32.9 Å². The first-order valence-electron chi connectivity index (χ1n) is 7.90. The fourth-order valence-corrected chi connectivity index (χ4v) is 2.83. The summed E-state index contributed by atoms with van der Waals surface area (Å²) >= 11 is 1.79. The normalized spacial score (nSPS) is 11.1. The summed E-state index contributed by atoms with van der Waals surface area (Å²) in [7, 11) is 1.79. The molecule has 0 saturated carbocycles. The van der Waals surface area contributed by atoms with Gasteiger partial charge in [0.05, 0.1) is 6.10 Å². The van der Waals surface area contributed by atoms with Crippen molar-refractivity contribution in [2.75, 3.05) is 13.6 Å². The summed E-state index contributed by atoms with van der Waals surface area (Å²) in [5, 5.41) is 8.77. The van der Waals surface area contributed by atoms with Gasteiger partial charge in [0.1, 0.15) is 5.75 Å².